The van der Waals surface area contributed by atoms with Crippen LogP contribution in [0.25, 0.3) is 22.4 Å². The minimum absolute atomic E-state index is 0.192. The first-order valence-corrected chi connectivity index (χ1v) is 6.56. The molecule has 0 saturated heterocycles. The number of hydrogen-bond acceptors (Lipinski definition) is 2. The second kappa shape index (κ2) is 5.18. The quantitative estimate of drug-likeness (QED) is 0.804. The molecular formula is C15H10ClFN2O2. The lowest BCUT2D eigenvalue weighted by molar-refractivity contribution is -0.137. The van der Waals surface area contributed by atoms with Gasteiger partial charge in [0.05, 0.1) is 16.1 Å². The van der Waals surface area contributed by atoms with Gasteiger partial charge in [0.1, 0.15) is 18.2 Å². The summed E-state index contributed by atoms with van der Waals surface area (Å²) in [5.74, 6) is -1.04. The summed E-state index contributed by atoms with van der Waals surface area (Å²) in [6.07, 6.45) is 0. The third kappa shape index (κ3) is 2.48. The van der Waals surface area contributed by atoms with Crippen molar-refractivity contribution in [1.29, 1.82) is 0 Å². The number of fused-ring (bicyclic) bond motifs is 1. The monoisotopic (exact) mass is 304 g/mol. The van der Waals surface area contributed by atoms with E-state index in [0.29, 0.717) is 22.4 Å². The Kier molecular flexibility index (Phi) is 3.35. The fourth-order valence-electron chi connectivity index (χ4n) is 2.25. The van der Waals surface area contributed by atoms with Crippen molar-refractivity contribution < 1.29 is 14.3 Å². The number of carbonyl (C=O) groups is 1. The molecule has 0 saturated carbocycles. The molecule has 0 amide bonds. The van der Waals surface area contributed by atoms with Crippen LogP contribution in [0.1, 0.15) is 0 Å². The van der Waals surface area contributed by atoms with E-state index in [4.69, 9.17) is 16.7 Å². The van der Waals surface area contributed by atoms with Crippen molar-refractivity contribution in [2.24, 2.45) is 0 Å². The van der Waals surface area contributed by atoms with Crippen LogP contribution in [-0.2, 0) is 11.3 Å². The number of para-hydroxylation sites is 2. The van der Waals surface area contributed by atoms with Gasteiger partial charge in [-0.1, -0.05) is 23.7 Å². The Labute approximate surface area is 124 Å². The van der Waals surface area contributed by atoms with E-state index in [1.165, 1.54) is 18.2 Å². The fraction of sp³-hybridized carbons (Fsp3) is 0.0667. The van der Waals surface area contributed by atoms with Crippen molar-refractivity contribution in [1.82, 2.24) is 9.55 Å². The molecule has 0 radical (unpaired) electrons. The number of carboxylic acid groups (broad SMARTS) is 1. The number of nitrogens with zero attached hydrogens (tertiary/aromatic N) is 2. The van der Waals surface area contributed by atoms with Gasteiger partial charge >= 0.3 is 5.97 Å². The van der Waals surface area contributed by atoms with Crippen molar-refractivity contribution in [2.75, 3.05) is 0 Å². The van der Waals surface area contributed by atoms with E-state index in [2.05, 4.69) is 4.98 Å². The average Bonchev–Trinajstić information content (AvgIpc) is 2.77. The molecule has 21 heavy (non-hydrogen) atoms. The summed E-state index contributed by atoms with van der Waals surface area (Å²) in [6, 6.07) is 11.1. The number of carboxylic acids is 1. The molecule has 0 unspecified atom stereocenters. The Balaban J connectivity index is 2.28. The van der Waals surface area contributed by atoms with Crippen molar-refractivity contribution in [3.8, 4) is 11.4 Å². The van der Waals surface area contributed by atoms with Gasteiger partial charge in [-0.2, -0.15) is 0 Å². The molecule has 0 fully saturated rings. The minimum atomic E-state index is -0.988. The van der Waals surface area contributed by atoms with Crippen molar-refractivity contribution in [3.05, 3.63) is 53.3 Å². The molecule has 3 rings (SSSR count). The van der Waals surface area contributed by atoms with Crippen LogP contribution >= 0.6 is 11.6 Å². The van der Waals surface area contributed by atoms with Gasteiger partial charge < -0.3 is 9.67 Å². The largest absolute Gasteiger partial charge is 0.480 e. The van der Waals surface area contributed by atoms with Crippen LogP contribution in [0, 0.1) is 5.82 Å². The zero-order chi connectivity index (χ0) is 15.0. The Hall–Kier alpha value is -2.40. The highest BCUT2D eigenvalue weighted by molar-refractivity contribution is 6.33. The molecule has 1 heterocycles. The molecule has 6 heteroatoms. The lowest BCUT2D eigenvalue weighted by Crippen LogP contribution is -2.10. The van der Waals surface area contributed by atoms with Crippen LogP contribution in [0.4, 0.5) is 4.39 Å². The maximum Gasteiger partial charge on any atom is 0.323 e. The van der Waals surface area contributed by atoms with Gasteiger partial charge in [0.2, 0.25) is 0 Å². The minimum Gasteiger partial charge on any atom is -0.480 e. The van der Waals surface area contributed by atoms with Crippen molar-refractivity contribution in [2.45, 2.75) is 6.54 Å². The average molecular weight is 305 g/mol. The van der Waals surface area contributed by atoms with Crippen molar-refractivity contribution in [3.63, 3.8) is 0 Å². The van der Waals surface area contributed by atoms with Gasteiger partial charge in [-0.25, -0.2) is 9.37 Å². The number of hydrogen-bond donors (Lipinski definition) is 1. The number of aliphatic carboxylic acids is 1. The zero-order valence-corrected chi connectivity index (χ0v) is 11.5. The summed E-state index contributed by atoms with van der Waals surface area (Å²) in [7, 11) is 0. The van der Waals surface area contributed by atoms with E-state index in [9.17, 15) is 9.18 Å². The van der Waals surface area contributed by atoms with E-state index in [0.717, 1.165) is 0 Å². The summed E-state index contributed by atoms with van der Waals surface area (Å²) in [4.78, 5) is 15.5. The molecule has 0 aliphatic carbocycles. The molecule has 1 aromatic heterocycles. The topological polar surface area (TPSA) is 55.1 Å². The first-order chi connectivity index (χ1) is 10.1. The van der Waals surface area contributed by atoms with Gasteiger partial charge in [0, 0.05) is 5.56 Å². The molecule has 4 nitrogen and oxygen atoms in total. The molecule has 0 aliphatic rings. The number of imidazole rings is 1. The highest BCUT2D eigenvalue weighted by Gasteiger charge is 2.17. The molecule has 0 atom stereocenters. The number of aromatic nitrogens is 2. The summed E-state index contributed by atoms with van der Waals surface area (Å²) in [5.41, 5.74) is 1.85. The zero-order valence-electron chi connectivity index (χ0n) is 10.8. The van der Waals surface area contributed by atoms with Gasteiger partial charge in [-0.15, -0.1) is 0 Å². The lowest BCUT2D eigenvalue weighted by Gasteiger charge is -2.08. The van der Waals surface area contributed by atoms with Crippen LogP contribution in [0.5, 0.6) is 0 Å². The van der Waals surface area contributed by atoms with Crippen LogP contribution in [0.2, 0.25) is 5.02 Å². The standard InChI is InChI=1S/C15H10ClFN2O2/c16-11-7-9(17)5-6-10(11)15-18-12-3-1-2-4-13(12)19(15)8-14(20)21/h1-7H,8H2,(H,20,21). The van der Waals surface area contributed by atoms with E-state index >= 15 is 0 Å². The highest BCUT2D eigenvalue weighted by atomic mass is 35.5. The summed E-state index contributed by atoms with van der Waals surface area (Å²) < 4.78 is 14.7. The second-order valence-corrected chi connectivity index (χ2v) is 4.94. The smallest absolute Gasteiger partial charge is 0.323 e. The molecule has 2 aromatic carbocycles. The number of rotatable bonds is 3. The Morgan fingerprint density at radius 1 is 1.29 bits per heavy atom. The van der Waals surface area contributed by atoms with Crippen molar-refractivity contribution >= 4 is 28.6 Å². The predicted octanol–water partition coefficient (Wildman–Crippen LogP) is 3.58. The maximum atomic E-state index is 13.2. The van der Waals surface area contributed by atoms with E-state index in [1.54, 1.807) is 22.8 Å². The molecule has 106 valence electrons. The van der Waals surface area contributed by atoms with E-state index < -0.39 is 11.8 Å². The molecule has 1 N–H and O–H groups in total. The third-order valence-electron chi connectivity index (χ3n) is 3.12. The third-order valence-corrected chi connectivity index (χ3v) is 3.43. The Bertz CT molecular complexity index is 845. The van der Waals surface area contributed by atoms with Crippen LogP contribution in [0.15, 0.2) is 42.5 Å². The lowest BCUT2D eigenvalue weighted by atomic mass is 10.2. The SMILES string of the molecule is O=C(O)Cn1c(-c2ccc(F)cc2Cl)nc2ccccc21. The Morgan fingerprint density at radius 2 is 2.05 bits per heavy atom. The predicted molar refractivity (Wildman–Crippen MR) is 77.8 cm³/mol. The van der Waals surface area contributed by atoms with E-state index in [1.807, 2.05) is 6.07 Å². The van der Waals surface area contributed by atoms with Gasteiger partial charge in [0.15, 0.2) is 0 Å². The van der Waals surface area contributed by atoms with Crippen LogP contribution in [0.3, 0.4) is 0 Å². The van der Waals surface area contributed by atoms with E-state index in [-0.39, 0.29) is 11.6 Å². The maximum absolute atomic E-state index is 13.2. The van der Waals surface area contributed by atoms with Crippen LogP contribution in [-0.4, -0.2) is 20.6 Å². The second-order valence-electron chi connectivity index (χ2n) is 4.53. The van der Waals surface area contributed by atoms with Gasteiger partial charge in [0.25, 0.3) is 0 Å². The fourth-order valence-corrected chi connectivity index (χ4v) is 2.50. The summed E-state index contributed by atoms with van der Waals surface area (Å²) in [5, 5.41) is 9.28. The van der Waals surface area contributed by atoms with Gasteiger partial charge in [-0.05, 0) is 30.3 Å². The summed E-state index contributed by atoms with van der Waals surface area (Å²) in [6.45, 7) is -0.246. The molecule has 0 aliphatic heterocycles. The number of halogens is 2. The van der Waals surface area contributed by atoms with Crippen LogP contribution < -0.4 is 0 Å². The molecule has 0 spiro atoms. The molecule has 0 bridgehead atoms. The highest BCUT2D eigenvalue weighted by Crippen LogP contribution is 2.30. The normalized spacial score (nSPS) is 11.0. The molecule has 3 aromatic rings. The first kappa shape index (κ1) is 13.6. The molecular weight excluding hydrogens is 295 g/mol. The first-order valence-electron chi connectivity index (χ1n) is 6.19. The van der Waals surface area contributed by atoms with Gasteiger partial charge in [-0.3, -0.25) is 4.79 Å². The summed E-state index contributed by atoms with van der Waals surface area (Å²) >= 11 is 6.06. The number of benzene rings is 2. The Morgan fingerprint density at radius 3 is 2.76 bits per heavy atom.